The fourth-order valence-corrected chi connectivity index (χ4v) is 3.49. The summed E-state index contributed by atoms with van der Waals surface area (Å²) in [5, 5.41) is 3.39. The Morgan fingerprint density at radius 3 is 2.08 bits per heavy atom. The molecule has 1 rings (SSSR count). The summed E-state index contributed by atoms with van der Waals surface area (Å²) in [7, 11) is 0. The van der Waals surface area contributed by atoms with E-state index in [2.05, 4.69) is 35.5 Å². The van der Waals surface area contributed by atoms with Gasteiger partial charge in [-0.25, -0.2) is 0 Å². The summed E-state index contributed by atoms with van der Waals surface area (Å²) in [5.41, 5.74) is 5.97. The molecule has 146 valence electrons. The second-order valence-electron chi connectivity index (χ2n) is 7.56. The van der Waals surface area contributed by atoms with Crippen LogP contribution >= 0.6 is 0 Å². The Morgan fingerprint density at radius 1 is 0.920 bits per heavy atom. The molecule has 0 saturated carbocycles. The van der Waals surface area contributed by atoms with Crippen LogP contribution in [-0.4, -0.2) is 17.2 Å². The molecule has 0 spiro atoms. The van der Waals surface area contributed by atoms with Crippen molar-refractivity contribution in [2.45, 2.75) is 116 Å². The van der Waals surface area contributed by atoms with Gasteiger partial charge in [0.25, 0.3) is 0 Å². The minimum absolute atomic E-state index is 0.0951. The van der Waals surface area contributed by atoms with Gasteiger partial charge >= 0.3 is 0 Å². The minimum Gasteiger partial charge on any atom is -0.370 e. The van der Waals surface area contributed by atoms with Crippen molar-refractivity contribution >= 4 is 0 Å². The van der Waals surface area contributed by atoms with Crippen molar-refractivity contribution in [2.75, 3.05) is 0 Å². The lowest BCUT2D eigenvalue weighted by Gasteiger charge is -2.28. The van der Waals surface area contributed by atoms with Crippen molar-refractivity contribution in [3.05, 3.63) is 24.6 Å². The molecule has 1 aliphatic rings. The van der Waals surface area contributed by atoms with E-state index in [9.17, 15) is 0 Å². The van der Waals surface area contributed by atoms with Crippen molar-refractivity contribution in [3.8, 4) is 0 Å². The highest BCUT2D eigenvalue weighted by molar-refractivity contribution is 4.95. The summed E-state index contributed by atoms with van der Waals surface area (Å²) in [4.78, 5) is 2.21. The van der Waals surface area contributed by atoms with Gasteiger partial charge in [0, 0.05) is 12.4 Å². The molecule has 0 aromatic heterocycles. The van der Waals surface area contributed by atoms with Crippen LogP contribution in [0.15, 0.2) is 24.6 Å². The van der Waals surface area contributed by atoms with Gasteiger partial charge < -0.3 is 16.0 Å². The maximum Gasteiger partial charge on any atom is 0.0995 e. The van der Waals surface area contributed by atoms with Gasteiger partial charge in [-0.05, 0) is 45.4 Å². The first-order valence-corrected chi connectivity index (χ1v) is 10.9. The predicted molar refractivity (Wildman–Crippen MR) is 111 cm³/mol. The standard InChI is InChI=1S/C22H43N3/c1-3-4-5-6-7-8-9-10-11-12-13-14-15-16-17-18-22-24-19-20-25(22)21(2)23/h11-12,19-22,24H,3-10,13-18,23H2,1-2H3/b12-11+. The molecule has 0 fully saturated rings. The summed E-state index contributed by atoms with van der Waals surface area (Å²) in [5.74, 6) is 0. The van der Waals surface area contributed by atoms with Gasteiger partial charge in [0.1, 0.15) is 0 Å². The van der Waals surface area contributed by atoms with E-state index >= 15 is 0 Å². The number of rotatable bonds is 16. The third kappa shape index (κ3) is 11.3. The van der Waals surface area contributed by atoms with Crippen LogP contribution in [0.3, 0.4) is 0 Å². The molecule has 3 N–H and O–H groups in total. The molecule has 0 aromatic rings. The second-order valence-corrected chi connectivity index (χ2v) is 7.56. The first-order valence-electron chi connectivity index (χ1n) is 10.9. The molecule has 1 heterocycles. The van der Waals surface area contributed by atoms with Crippen LogP contribution in [0.4, 0.5) is 0 Å². The average Bonchev–Trinajstić information content (AvgIpc) is 3.07. The van der Waals surface area contributed by atoms with Gasteiger partial charge in [-0.1, -0.05) is 70.4 Å². The van der Waals surface area contributed by atoms with E-state index < -0.39 is 0 Å². The van der Waals surface area contributed by atoms with Crippen molar-refractivity contribution in [2.24, 2.45) is 5.73 Å². The molecule has 1 aliphatic heterocycles. The van der Waals surface area contributed by atoms with Crippen LogP contribution in [0.25, 0.3) is 0 Å². The molecular formula is C22H43N3. The number of allylic oxidation sites excluding steroid dienone is 2. The fourth-order valence-electron chi connectivity index (χ4n) is 3.49. The molecule has 2 atom stereocenters. The maximum absolute atomic E-state index is 5.97. The SMILES string of the molecule is CCCCCCCCC/C=C/CCCCCCC1NC=CN1C(C)N. The quantitative estimate of drug-likeness (QED) is 0.264. The molecule has 0 radical (unpaired) electrons. The Labute approximate surface area is 157 Å². The lowest BCUT2D eigenvalue weighted by atomic mass is 10.1. The molecule has 3 nitrogen and oxygen atoms in total. The van der Waals surface area contributed by atoms with Crippen LogP contribution < -0.4 is 11.1 Å². The van der Waals surface area contributed by atoms with Crippen LogP contribution in [0.5, 0.6) is 0 Å². The summed E-state index contributed by atoms with van der Waals surface area (Å²) in [6, 6.07) is 0. The number of hydrogen-bond acceptors (Lipinski definition) is 3. The summed E-state index contributed by atoms with van der Waals surface area (Å²) < 4.78 is 0. The first-order chi connectivity index (χ1) is 12.3. The zero-order valence-electron chi connectivity index (χ0n) is 16.9. The maximum atomic E-state index is 5.97. The molecule has 2 unspecified atom stereocenters. The molecule has 3 heteroatoms. The zero-order valence-corrected chi connectivity index (χ0v) is 16.9. The highest BCUT2D eigenvalue weighted by Gasteiger charge is 2.20. The van der Waals surface area contributed by atoms with Crippen molar-refractivity contribution < 1.29 is 0 Å². The second kappa shape index (κ2) is 15.3. The molecular weight excluding hydrogens is 306 g/mol. The van der Waals surface area contributed by atoms with E-state index in [0.717, 1.165) is 0 Å². The molecule has 0 saturated heterocycles. The molecule has 0 aliphatic carbocycles. The van der Waals surface area contributed by atoms with Crippen molar-refractivity contribution in [1.29, 1.82) is 0 Å². The summed E-state index contributed by atoms with van der Waals surface area (Å²) in [6.07, 6.45) is 28.3. The number of nitrogens with zero attached hydrogens (tertiary/aromatic N) is 1. The highest BCUT2D eigenvalue weighted by Crippen LogP contribution is 2.15. The summed E-state index contributed by atoms with van der Waals surface area (Å²) in [6.45, 7) is 4.33. The van der Waals surface area contributed by atoms with Gasteiger partial charge in [-0.2, -0.15) is 0 Å². The lowest BCUT2D eigenvalue weighted by Crippen LogP contribution is -2.44. The van der Waals surface area contributed by atoms with Crippen molar-refractivity contribution in [1.82, 2.24) is 10.2 Å². The Kier molecular flexibility index (Phi) is 13.5. The minimum atomic E-state index is 0.0951. The molecule has 0 bridgehead atoms. The monoisotopic (exact) mass is 349 g/mol. The van der Waals surface area contributed by atoms with Crippen LogP contribution in [0, 0.1) is 0 Å². The zero-order chi connectivity index (χ0) is 18.2. The fraction of sp³-hybridized carbons (Fsp3) is 0.818. The van der Waals surface area contributed by atoms with Gasteiger partial charge in [-0.15, -0.1) is 0 Å². The van der Waals surface area contributed by atoms with Crippen LogP contribution in [0.1, 0.15) is 104 Å². The van der Waals surface area contributed by atoms with Gasteiger partial charge in [0.2, 0.25) is 0 Å². The predicted octanol–water partition coefficient (Wildman–Crippen LogP) is 6.03. The van der Waals surface area contributed by atoms with E-state index in [1.807, 2.05) is 13.1 Å². The highest BCUT2D eigenvalue weighted by atomic mass is 15.3. The van der Waals surface area contributed by atoms with E-state index in [1.165, 1.54) is 89.9 Å². The van der Waals surface area contributed by atoms with E-state index in [4.69, 9.17) is 5.73 Å². The normalized spacial score (nSPS) is 18.2. The van der Waals surface area contributed by atoms with E-state index in [1.54, 1.807) is 0 Å². The van der Waals surface area contributed by atoms with Crippen LogP contribution in [-0.2, 0) is 0 Å². The first kappa shape index (κ1) is 22.1. The smallest absolute Gasteiger partial charge is 0.0995 e. The van der Waals surface area contributed by atoms with E-state index in [0.29, 0.717) is 6.17 Å². The Morgan fingerprint density at radius 2 is 1.48 bits per heavy atom. The Bertz CT molecular complexity index is 349. The Balaban J connectivity index is 1.82. The van der Waals surface area contributed by atoms with Gasteiger partial charge in [0.05, 0.1) is 12.3 Å². The van der Waals surface area contributed by atoms with Crippen molar-refractivity contribution in [3.63, 3.8) is 0 Å². The third-order valence-corrected chi connectivity index (χ3v) is 5.10. The number of nitrogens with one attached hydrogen (secondary N) is 1. The molecule has 25 heavy (non-hydrogen) atoms. The number of hydrogen-bond donors (Lipinski definition) is 2. The lowest BCUT2D eigenvalue weighted by molar-refractivity contribution is 0.208. The molecule has 0 aromatic carbocycles. The number of unbranched alkanes of at least 4 members (excludes halogenated alkanes) is 11. The summed E-state index contributed by atoms with van der Waals surface area (Å²) >= 11 is 0. The Hall–Kier alpha value is -0.960. The number of nitrogens with two attached hydrogens (primary N) is 1. The van der Waals surface area contributed by atoms with Crippen LogP contribution in [0.2, 0.25) is 0 Å². The topological polar surface area (TPSA) is 41.3 Å². The average molecular weight is 350 g/mol. The largest absolute Gasteiger partial charge is 0.370 e. The van der Waals surface area contributed by atoms with Gasteiger partial charge in [-0.3, -0.25) is 0 Å². The van der Waals surface area contributed by atoms with E-state index in [-0.39, 0.29) is 6.17 Å². The molecule has 0 amide bonds. The van der Waals surface area contributed by atoms with Gasteiger partial charge in [0.15, 0.2) is 0 Å². The third-order valence-electron chi connectivity index (χ3n) is 5.10.